The number of esters is 1. The zero-order chi connectivity index (χ0) is 20.4. The molecule has 0 spiro atoms. The van der Waals surface area contributed by atoms with E-state index in [1.165, 1.54) is 7.11 Å². The number of rotatable bonds is 5. The van der Waals surface area contributed by atoms with Gasteiger partial charge in [0.2, 0.25) is 5.95 Å². The number of nitrogen functional groups attached to an aromatic ring is 2. The Morgan fingerprint density at radius 3 is 2.62 bits per heavy atom. The molecule has 1 aliphatic heterocycles. The first-order valence-corrected chi connectivity index (χ1v) is 9.21. The Bertz CT molecular complexity index is 1030. The number of carbonyl (C=O) groups is 1. The summed E-state index contributed by atoms with van der Waals surface area (Å²) in [6.07, 6.45) is 5.60. The molecule has 4 N–H and O–H groups in total. The van der Waals surface area contributed by atoms with Crippen LogP contribution in [-0.4, -0.2) is 63.7 Å². The molecule has 3 aromatic rings. The largest absolute Gasteiger partial charge is 0.469 e. The van der Waals surface area contributed by atoms with E-state index in [9.17, 15) is 4.79 Å². The van der Waals surface area contributed by atoms with Crippen molar-refractivity contribution in [1.29, 1.82) is 0 Å². The van der Waals surface area contributed by atoms with Gasteiger partial charge in [0.05, 0.1) is 38.1 Å². The lowest BCUT2D eigenvalue weighted by molar-refractivity contribution is -0.140. The van der Waals surface area contributed by atoms with E-state index in [4.69, 9.17) is 25.9 Å². The van der Waals surface area contributed by atoms with Gasteiger partial charge in [-0.25, -0.2) is 19.9 Å². The number of methoxy groups -OCH3 is 1. The molecule has 1 saturated heterocycles. The number of carbonyl (C=O) groups excluding carboxylic acids is 1. The van der Waals surface area contributed by atoms with Gasteiger partial charge in [0.15, 0.2) is 11.5 Å². The summed E-state index contributed by atoms with van der Waals surface area (Å²) < 4.78 is 12.0. The number of nitrogens with two attached hydrogens (primary N) is 2. The van der Waals surface area contributed by atoms with Gasteiger partial charge in [-0.3, -0.25) is 9.20 Å². The van der Waals surface area contributed by atoms with Gasteiger partial charge in [0.25, 0.3) is 0 Å². The molecule has 0 saturated carbocycles. The number of nitrogens with zero attached hydrogens (tertiary/aromatic N) is 6. The molecule has 0 atom stereocenters. The molecule has 4 heterocycles. The average molecular weight is 398 g/mol. The standard InChI is InChI=1S/C18H22N8O3/c1-28-14(27)3-2-12-15(19)26-10-13(11-8-21-18(20)22-9-11)24-16(17(26)23-12)25-4-6-29-7-5-25/h8-10H,2-7,19H2,1H3,(H2,20,21,22). The van der Waals surface area contributed by atoms with Gasteiger partial charge in [-0.15, -0.1) is 0 Å². The molecule has 0 radical (unpaired) electrons. The van der Waals surface area contributed by atoms with E-state index in [2.05, 4.69) is 19.9 Å². The summed E-state index contributed by atoms with van der Waals surface area (Å²) >= 11 is 0. The normalized spacial score (nSPS) is 14.3. The lowest BCUT2D eigenvalue weighted by atomic mass is 10.2. The van der Waals surface area contributed by atoms with Crippen LogP contribution in [0.5, 0.6) is 0 Å². The van der Waals surface area contributed by atoms with Crippen LogP contribution in [-0.2, 0) is 20.7 Å². The maximum Gasteiger partial charge on any atom is 0.305 e. The van der Waals surface area contributed by atoms with Gasteiger partial charge in [-0.05, 0) is 0 Å². The third-order valence-electron chi connectivity index (χ3n) is 4.77. The molecule has 152 valence electrons. The Hall–Kier alpha value is -3.47. The Morgan fingerprint density at radius 1 is 1.21 bits per heavy atom. The van der Waals surface area contributed by atoms with E-state index in [0.29, 0.717) is 67.0 Å². The van der Waals surface area contributed by atoms with Gasteiger partial charge in [-0.2, -0.15) is 0 Å². The zero-order valence-corrected chi connectivity index (χ0v) is 16.0. The maximum atomic E-state index is 11.5. The van der Waals surface area contributed by atoms with E-state index < -0.39 is 0 Å². The quantitative estimate of drug-likeness (QED) is 0.575. The fraction of sp³-hybridized carbons (Fsp3) is 0.389. The van der Waals surface area contributed by atoms with Crippen LogP contribution in [0, 0.1) is 0 Å². The molecule has 1 fully saturated rings. The number of fused-ring (bicyclic) bond motifs is 1. The minimum atomic E-state index is -0.312. The maximum absolute atomic E-state index is 11.5. The molecule has 0 bridgehead atoms. The SMILES string of the molecule is COC(=O)CCc1nc2c(N3CCOCC3)nc(-c3cnc(N)nc3)cn2c1N. The van der Waals surface area contributed by atoms with Gasteiger partial charge < -0.3 is 25.8 Å². The molecule has 0 aliphatic carbocycles. The van der Waals surface area contributed by atoms with Crippen molar-refractivity contribution in [3.63, 3.8) is 0 Å². The molecule has 0 unspecified atom stereocenters. The highest BCUT2D eigenvalue weighted by atomic mass is 16.5. The van der Waals surface area contributed by atoms with E-state index in [0.717, 1.165) is 0 Å². The van der Waals surface area contributed by atoms with Gasteiger partial charge in [0, 0.05) is 43.7 Å². The smallest absolute Gasteiger partial charge is 0.305 e. The fourth-order valence-corrected chi connectivity index (χ4v) is 3.20. The van der Waals surface area contributed by atoms with Crippen molar-refractivity contribution < 1.29 is 14.3 Å². The minimum absolute atomic E-state index is 0.190. The van der Waals surface area contributed by atoms with Crippen molar-refractivity contribution in [2.75, 3.05) is 49.8 Å². The summed E-state index contributed by atoms with van der Waals surface area (Å²) in [6.45, 7) is 2.59. The number of hydrogen-bond acceptors (Lipinski definition) is 10. The summed E-state index contributed by atoms with van der Waals surface area (Å²) in [5.74, 6) is 1.03. The van der Waals surface area contributed by atoms with E-state index in [1.807, 2.05) is 0 Å². The third kappa shape index (κ3) is 3.76. The zero-order valence-electron chi connectivity index (χ0n) is 16.0. The molecular formula is C18H22N8O3. The first kappa shape index (κ1) is 18.9. The number of imidazole rings is 1. The molecule has 3 aromatic heterocycles. The van der Waals surface area contributed by atoms with Crippen molar-refractivity contribution in [3.8, 4) is 11.3 Å². The van der Waals surface area contributed by atoms with Crippen LogP contribution in [0.2, 0.25) is 0 Å². The second-order valence-corrected chi connectivity index (χ2v) is 6.59. The molecule has 29 heavy (non-hydrogen) atoms. The Kier molecular flexibility index (Phi) is 5.12. The Labute approximate surface area is 166 Å². The van der Waals surface area contributed by atoms with E-state index >= 15 is 0 Å². The Morgan fingerprint density at radius 2 is 1.93 bits per heavy atom. The first-order chi connectivity index (χ1) is 14.1. The molecule has 4 rings (SSSR count). The van der Waals surface area contributed by atoms with Gasteiger partial charge >= 0.3 is 5.97 Å². The number of aryl methyl sites for hydroxylation is 1. The second-order valence-electron chi connectivity index (χ2n) is 6.59. The van der Waals surface area contributed by atoms with Crippen molar-refractivity contribution in [3.05, 3.63) is 24.3 Å². The number of anilines is 3. The van der Waals surface area contributed by atoms with Crippen LogP contribution in [0.4, 0.5) is 17.6 Å². The van der Waals surface area contributed by atoms with Crippen molar-refractivity contribution in [2.45, 2.75) is 12.8 Å². The lowest BCUT2D eigenvalue weighted by Crippen LogP contribution is -2.37. The molecule has 0 aromatic carbocycles. The van der Waals surface area contributed by atoms with Crippen molar-refractivity contribution in [1.82, 2.24) is 24.3 Å². The summed E-state index contributed by atoms with van der Waals surface area (Å²) in [4.78, 5) is 31.2. The monoisotopic (exact) mass is 398 g/mol. The minimum Gasteiger partial charge on any atom is -0.469 e. The average Bonchev–Trinajstić information content (AvgIpc) is 3.08. The summed E-state index contributed by atoms with van der Waals surface area (Å²) in [5.41, 5.74) is 14.6. The third-order valence-corrected chi connectivity index (χ3v) is 4.77. The van der Waals surface area contributed by atoms with Crippen molar-refractivity contribution in [2.24, 2.45) is 0 Å². The van der Waals surface area contributed by atoms with E-state index in [1.54, 1.807) is 23.0 Å². The molecule has 1 aliphatic rings. The number of morpholine rings is 1. The lowest BCUT2D eigenvalue weighted by Gasteiger charge is -2.28. The van der Waals surface area contributed by atoms with Crippen molar-refractivity contribution >= 4 is 29.2 Å². The van der Waals surface area contributed by atoms with Crippen LogP contribution < -0.4 is 16.4 Å². The van der Waals surface area contributed by atoms with Crippen LogP contribution >= 0.6 is 0 Å². The van der Waals surface area contributed by atoms with E-state index in [-0.39, 0.29) is 18.3 Å². The van der Waals surface area contributed by atoms with Crippen LogP contribution in [0.3, 0.4) is 0 Å². The summed E-state index contributed by atoms with van der Waals surface area (Å²) in [6, 6.07) is 0. The highest BCUT2D eigenvalue weighted by Gasteiger charge is 2.22. The number of hydrogen-bond donors (Lipinski definition) is 2. The van der Waals surface area contributed by atoms with Crippen LogP contribution in [0.25, 0.3) is 16.9 Å². The van der Waals surface area contributed by atoms with Crippen LogP contribution in [0.15, 0.2) is 18.6 Å². The first-order valence-electron chi connectivity index (χ1n) is 9.21. The van der Waals surface area contributed by atoms with Crippen LogP contribution in [0.1, 0.15) is 12.1 Å². The van der Waals surface area contributed by atoms with Gasteiger partial charge in [0.1, 0.15) is 5.82 Å². The van der Waals surface area contributed by atoms with Gasteiger partial charge in [-0.1, -0.05) is 0 Å². The second kappa shape index (κ2) is 7.87. The molecule has 11 heteroatoms. The summed E-state index contributed by atoms with van der Waals surface area (Å²) in [5, 5.41) is 0. The fourth-order valence-electron chi connectivity index (χ4n) is 3.20. The predicted octanol–water partition coefficient (Wildman–Crippen LogP) is 0.293. The molecule has 0 amide bonds. The topological polar surface area (TPSA) is 147 Å². The summed E-state index contributed by atoms with van der Waals surface area (Å²) in [7, 11) is 1.36. The molecule has 11 nitrogen and oxygen atoms in total. The Balaban J connectivity index is 1.82. The predicted molar refractivity (Wildman–Crippen MR) is 106 cm³/mol. The number of aromatic nitrogens is 5. The highest BCUT2D eigenvalue weighted by Crippen LogP contribution is 2.28. The molecular weight excluding hydrogens is 376 g/mol. The number of ether oxygens (including phenoxy) is 2. The highest BCUT2D eigenvalue weighted by molar-refractivity contribution is 5.74.